The molecule has 0 spiro atoms. The summed E-state index contributed by atoms with van der Waals surface area (Å²) in [6.45, 7) is 1.10. The van der Waals surface area contributed by atoms with E-state index in [9.17, 15) is 13.2 Å². The second kappa shape index (κ2) is 7.94. The Morgan fingerprint density at radius 2 is 2.04 bits per heavy atom. The number of hydrogen-bond donors (Lipinski definition) is 1. The molecule has 2 aromatic rings. The smallest absolute Gasteiger partial charge is 0.258 e. The van der Waals surface area contributed by atoms with Crippen LogP contribution in [0.2, 0.25) is 0 Å². The molecule has 1 aromatic heterocycles. The van der Waals surface area contributed by atoms with Crippen LogP contribution in [0.1, 0.15) is 22.5 Å². The molecule has 138 valence electrons. The number of aromatic nitrogens is 1. The molecule has 0 bridgehead atoms. The highest BCUT2D eigenvalue weighted by molar-refractivity contribution is 7.89. The molecular weight excluding hydrogens is 354 g/mol. The number of carbonyl (C=O) groups is 1. The lowest BCUT2D eigenvalue weighted by molar-refractivity contribution is 0.0985. The van der Waals surface area contributed by atoms with Crippen LogP contribution in [0.5, 0.6) is 0 Å². The second-order valence-electron chi connectivity index (χ2n) is 5.94. The van der Waals surface area contributed by atoms with Crippen LogP contribution in [0, 0.1) is 0 Å². The monoisotopic (exact) mass is 375 g/mol. The van der Waals surface area contributed by atoms with E-state index in [2.05, 4.69) is 9.71 Å². The SMILES string of the molecule is COCCNS(=O)(=O)c1ccc(C(=O)N2CCCc3ncccc32)cc1. The van der Waals surface area contributed by atoms with Gasteiger partial charge >= 0.3 is 0 Å². The summed E-state index contributed by atoms with van der Waals surface area (Å²) in [5.74, 6) is -0.157. The molecular formula is C18H21N3O4S. The van der Waals surface area contributed by atoms with Gasteiger partial charge in [0.25, 0.3) is 5.91 Å². The maximum atomic E-state index is 12.9. The van der Waals surface area contributed by atoms with Gasteiger partial charge in [-0.3, -0.25) is 9.78 Å². The summed E-state index contributed by atoms with van der Waals surface area (Å²) in [4.78, 5) is 19.0. The molecule has 0 aliphatic carbocycles. The topological polar surface area (TPSA) is 88.6 Å². The van der Waals surface area contributed by atoms with E-state index in [1.807, 2.05) is 12.1 Å². The number of anilines is 1. The zero-order chi connectivity index (χ0) is 18.6. The Labute approximate surface area is 153 Å². The average Bonchev–Trinajstić information content (AvgIpc) is 2.67. The molecule has 1 aliphatic heterocycles. The standard InChI is InChI=1S/C18H21N3O4S/c1-25-13-11-20-26(23,24)15-8-6-14(7-9-15)18(22)21-12-3-4-16-17(21)5-2-10-19-16/h2,5-10,20H,3-4,11-13H2,1H3. The molecule has 0 saturated heterocycles. The lowest BCUT2D eigenvalue weighted by atomic mass is 10.1. The van der Waals surface area contributed by atoms with Crippen molar-refractivity contribution in [2.45, 2.75) is 17.7 Å². The van der Waals surface area contributed by atoms with Gasteiger partial charge in [-0.25, -0.2) is 13.1 Å². The van der Waals surface area contributed by atoms with Crippen LogP contribution in [-0.4, -0.2) is 46.1 Å². The van der Waals surface area contributed by atoms with Crippen molar-refractivity contribution < 1.29 is 17.9 Å². The van der Waals surface area contributed by atoms with Gasteiger partial charge in [-0.15, -0.1) is 0 Å². The maximum Gasteiger partial charge on any atom is 0.258 e. The molecule has 0 unspecified atom stereocenters. The fourth-order valence-corrected chi connectivity index (χ4v) is 3.91. The van der Waals surface area contributed by atoms with Gasteiger partial charge in [0, 0.05) is 32.0 Å². The zero-order valence-electron chi connectivity index (χ0n) is 14.5. The van der Waals surface area contributed by atoms with Gasteiger partial charge in [-0.05, 0) is 49.2 Å². The molecule has 3 rings (SSSR count). The van der Waals surface area contributed by atoms with E-state index in [-0.39, 0.29) is 24.0 Å². The number of methoxy groups -OCH3 is 1. The van der Waals surface area contributed by atoms with E-state index in [0.29, 0.717) is 12.1 Å². The number of ether oxygens (including phenoxy) is 1. The van der Waals surface area contributed by atoms with Crippen LogP contribution in [0.25, 0.3) is 0 Å². The average molecular weight is 375 g/mol. The van der Waals surface area contributed by atoms with Crippen LogP contribution in [0.3, 0.4) is 0 Å². The van der Waals surface area contributed by atoms with Gasteiger partial charge in [-0.1, -0.05) is 0 Å². The number of pyridine rings is 1. The third kappa shape index (κ3) is 3.92. The van der Waals surface area contributed by atoms with E-state index >= 15 is 0 Å². The lowest BCUT2D eigenvalue weighted by Crippen LogP contribution is -2.35. The van der Waals surface area contributed by atoms with E-state index in [1.165, 1.54) is 31.4 Å². The Kier molecular flexibility index (Phi) is 5.65. The van der Waals surface area contributed by atoms with Gasteiger partial charge < -0.3 is 9.64 Å². The van der Waals surface area contributed by atoms with Crippen LogP contribution in [0.15, 0.2) is 47.5 Å². The van der Waals surface area contributed by atoms with Crippen LogP contribution < -0.4 is 9.62 Å². The summed E-state index contributed by atoms with van der Waals surface area (Å²) in [6.07, 6.45) is 3.43. The zero-order valence-corrected chi connectivity index (χ0v) is 15.3. The van der Waals surface area contributed by atoms with Crippen molar-refractivity contribution in [2.24, 2.45) is 0 Å². The Hall–Kier alpha value is -2.29. The van der Waals surface area contributed by atoms with E-state index < -0.39 is 10.0 Å². The highest BCUT2D eigenvalue weighted by Crippen LogP contribution is 2.26. The van der Waals surface area contributed by atoms with Crippen molar-refractivity contribution in [3.05, 3.63) is 53.9 Å². The third-order valence-corrected chi connectivity index (χ3v) is 5.68. The van der Waals surface area contributed by atoms with Gasteiger partial charge in [0.1, 0.15) is 0 Å². The van der Waals surface area contributed by atoms with Crippen molar-refractivity contribution in [3.8, 4) is 0 Å². The molecule has 0 saturated carbocycles. The maximum absolute atomic E-state index is 12.9. The molecule has 8 heteroatoms. The molecule has 7 nitrogen and oxygen atoms in total. The summed E-state index contributed by atoms with van der Waals surface area (Å²) < 4.78 is 31.6. The van der Waals surface area contributed by atoms with Gasteiger partial charge in [0.05, 0.1) is 22.9 Å². The van der Waals surface area contributed by atoms with Crippen LogP contribution in [-0.2, 0) is 21.2 Å². The summed E-state index contributed by atoms with van der Waals surface area (Å²) in [6, 6.07) is 9.66. The van der Waals surface area contributed by atoms with Gasteiger partial charge in [0.2, 0.25) is 10.0 Å². The quantitative estimate of drug-likeness (QED) is 0.775. The highest BCUT2D eigenvalue weighted by Gasteiger charge is 2.24. The largest absolute Gasteiger partial charge is 0.383 e. The number of sulfonamides is 1. The highest BCUT2D eigenvalue weighted by atomic mass is 32.2. The first-order valence-corrected chi connectivity index (χ1v) is 9.85. The molecule has 0 radical (unpaired) electrons. The summed E-state index contributed by atoms with van der Waals surface area (Å²) in [5.41, 5.74) is 2.17. The van der Waals surface area contributed by atoms with Gasteiger partial charge in [0.15, 0.2) is 0 Å². The van der Waals surface area contributed by atoms with Gasteiger partial charge in [-0.2, -0.15) is 0 Å². The van der Waals surface area contributed by atoms with Crippen molar-refractivity contribution in [1.82, 2.24) is 9.71 Å². The number of nitrogens with one attached hydrogen (secondary N) is 1. The van der Waals surface area contributed by atoms with E-state index in [0.717, 1.165) is 24.2 Å². The molecule has 2 heterocycles. The molecule has 1 N–H and O–H groups in total. The molecule has 26 heavy (non-hydrogen) atoms. The number of hydrogen-bond acceptors (Lipinski definition) is 5. The number of amides is 1. The fourth-order valence-electron chi connectivity index (χ4n) is 2.90. The summed E-state index contributed by atoms with van der Waals surface area (Å²) >= 11 is 0. The minimum absolute atomic E-state index is 0.117. The first-order chi connectivity index (χ1) is 12.5. The van der Waals surface area contributed by atoms with Crippen molar-refractivity contribution in [2.75, 3.05) is 31.7 Å². The van der Waals surface area contributed by atoms with Crippen molar-refractivity contribution in [1.29, 1.82) is 0 Å². The Bertz CT molecular complexity index is 882. The second-order valence-corrected chi connectivity index (χ2v) is 7.71. The summed E-state index contributed by atoms with van der Waals surface area (Å²) in [5, 5.41) is 0. The minimum atomic E-state index is -3.61. The lowest BCUT2D eigenvalue weighted by Gasteiger charge is -2.28. The molecule has 0 atom stereocenters. The molecule has 1 aliphatic rings. The van der Waals surface area contributed by atoms with Crippen LogP contribution >= 0.6 is 0 Å². The normalized spacial score (nSPS) is 14.1. The number of carbonyl (C=O) groups excluding carboxylic acids is 1. The number of rotatable bonds is 6. The number of fused-ring (bicyclic) bond motifs is 1. The Morgan fingerprint density at radius 1 is 1.27 bits per heavy atom. The Balaban J connectivity index is 1.78. The third-order valence-electron chi connectivity index (χ3n) is 4.21. The minimum Gasteiger partial charge on any atom is -0.383 e. The number of nitrogens with zero attached hydrogens (tertiary/aromatic N) is 2. The van der Waals surface area contributed by atoms with E-state index in [1.54, 1.807) is 11.1 Å². The molecule has 0 fully saturated rings. The van der Waals surface area contributed by atoms with E-state index in [4.69, 9.17) is 4.74 Å². The van der Waals surface area contributed by atoms with Crippen molar-refractivity contribution >= 4 is 21.6 Å². The predicted molar refractivity (Wildman–Crippen MR) is 97.7 cm³/mol. The molecule has 1 aromatic carbocycles. The number of aryl methyl sites for hydroxylation is 1. The Morgan fingerprint density at radius 3 is 2.77 bits per heavy atom. The predicted octanol–water partition coefficient (Wildman–Crippen LogP) is 1.60. The van der Waals surface area contributed by atoms with Crippen molar-refractivity contribution in [3.63, 3.8) is 0 Å². The number of benzene rings is 1. The first-order valence-electron chi connectivity index (χ1n) is 8.37. The fraction of sp³-hybridized carbons (Fsp3) is 0.333. The summed E-state index contributed by atoms with van der Waals surface area (Å²) in [7, 11) is -2.11. The van der Waals surface area contributed by atoms with Crippen LogP contribution in [0.4, 0.5) is 5.69 Å². The first kappa shape index (κ1) is 18.5. The molecule has 1 amide bonds.